The van der Waals surface area contributed by atoms with Gasteiger partial charge in [-0.15, -0.1) is 0 Å². The maximum absolute atomic E-state index is 13.8. The number of benzene rings is 1. The van der Waals surface area contributed by atoms with Crippen molar-refractivity contribution in [1.82, 2.24) is 18.8 Å². The third-order valence-electron chi connectivity index (χ3n) is 5.25. The summed E-state index contributed by atoms with van der Waals surface area (Å²) < 4.78 is 31.8. The molecule has 150 valence electrons. The Morgan fingerprint density at radius 2 is 1.86 bits per heavy atom. The highest BCUT2D eigenvalue weighted by molar-refractivity contribution is 7.96. The number of nitrogens with zero attached hydrogens (tertiary/aromatic N) is 4. The largest absolute Gasteiger partial charge is 0.404 e. The summed E-state index contributed by atoms with van der Waals surface area (Å²) in [6.07, 6.45) is 7.29. The Bertz CT molecular complexity index is 942. The van der Waals surface area contributed by atoms with Gasteiger partial charge in [0.1, 0.15) is 5.82 Å². The van der Waals surface area contributed by atoms with Crippen LogP contribution >= 0.6 is 11.9 Å². The fraction of sp³-hybridized carbons (Fsp3) is 0.421. The van der Waals surface area contributed by atoms with Crippen LogP contribution in [0.25, 0.3) is 16.6 Å². The second kappa shape index (κ2) is 7.63. The lowest BCUT2D eigenvalue weighted by Gasteiger charge is -2.34. The number of nitrogens with two attached hydrogens (primary N) is 2. The molecule has 1 aromatic carbocycles. The Kier molecular flexibility index (Phi) is 5.20. The van der Waals surface area contributed by atoms with Gasteiger partial charge in [-0.2, -0.15) is 0 Å². The van der Waals surface area contributed by atoms with Crippen molar-refractivity contribution >= 4 is 28.6 Å². The summed E-state index contributed by atoms with van der Waals surface area (Å²) in [7, 11) is 0. The lowest BCUT2D eigenvalue weighted by atomic mass is 10.2. The Morgan fingerprint density at radius 3 is 2.46 bits per heavy atom. The Hall–Kier alpha value is -2.26. The lowest BCUT2D eigenvalue weighted by molar-refractivity contribution is 0.239. The number of piperazine rings is 1. The first-order valence-corrected chi connectivity index (χ1v) is 10.5. The fourth-order valence-electron chi connectivity index (χ4n) is 3.56. The van der Waals surface area contributed by atoms with E-state index in [1.54, 1.807) is 11.9 Å². The van der Waals surface area contributed by atoms with Gasteiger partial charge in [0.25, 0.3) is 0 Å². The van der Waals surface area contributed by atoms with Gasteiger partial charge in [-0.25, -0.2) is 18.1 Å². The van der Waals surface area contributed by atoms with Crippen LogP contribution in [0.2, 0.25) is 0 Å². The number of hydrogen-bond donors (Lipinski definition) is 2. The quantitative estimate of drug-likeness (QED) is 0.587. The van der Waals surface area contributed by atoms with Gasteiger partial charge in [0.05, 0.1) is 16.9 Å². The smallest absolute Gasteiger partial charge is 0.161 e. The summed E-state index contributed by atoms with van der Waals surface area (Å²) in [6.45, 7) is 3.51. The van der Waals surface area contributed by atoms with Gasteiger partial charge in [0, 0.05) is 56.1 Å². The van der Waals surface area contributed by atoms with Crippen LogP contribution in [0.15, 0.2) is 30.2 Å². The molecule has 1 saturated heterocycles. The van der Waals surface area contributed by atoms with E-state index in [1.165, 1.54) is 12.3 Å². The summed E-state index contributed by atoms with van der Waals surface area (Å²) in [6, 6.07) is 2.57. The van der Waals surface area contributed by atoms with E-state index >= 15 is 0 Å². The summed E-state index contributed by atoms with van der Waals surface area (Å²) >= 11 is 1.73. The molecule has 1 aliphatic heterocycles. The lowest BCUT2D eigenvalue weighted by Crippen LogP contribution is -2.44. The summed E-state index contributed by atoms with van der Waals surface area (Å²) in [5, 5.41) is 0. The minimum atomic E-state index is -0.903. The molecule has 9 heteroatoms. The molecule has 6 nitrogen and oxygen atoms in total. The van der Waals surface area contributed by atoms with Crippen molar-refractivity contribution in [2.45, 2.75) is 18.9 Å². The van der Waals surface area contributed by atoms with Gasteiger partial charge >= 0.3 is 0 Å². The van der Waals surface area contributed by atoms with E-state index in [4.69, 9.17) is 11.5 Å². The minimum Gasteiger partial charge on any atom is -0.404 e. The molecule has 28 heavy (non-hydrogen) atoms. The van der Waals surface area contributed by atoms with E-state index < -0.39 is 11.6 Å². The fourth-order valence-corrected chi connectivity index (χ4v) is 4.09. The van der Waals surface area contributed by atoms with E-state index in [0.29, 0.717) is 28.3 Å². The average molecular weight is 407 g/mol. The van der Waals surface area contributed by atoms with Crippen LogP contribution in [0.4, 0.5) is 8.78 Å². The SMILES string of the molecule is CSN1CCN(/C(N)=C/C(=C\N)c2nc3cc(F)c(F)cc3n2C2CC2)CC1. The number of rotatable bonds is 5. The van der Waals surface area contributed by atoms with E-state index in [2.05, 4.69) is 20.4 Å². The zero-order valence-corrected chi connectivity index (χ0v) is 16.6. The molecule has 2 aromatic rings. The van der Waals surface area contributed by atoms with Crippen molar-refractivity contribution < 1.29 is 8.78 Å². The molecule has 2 aliphatic rings. The molecule has 2 heterocycles. The maximum atomic E-state index is 13.8. The summed E-state index contributed by atoms with van der Waals surface area (Å²) in [5.41, 5.74) is 13.9. The molecule has 1 saturated carbocycles. The third-order valence-corrected chi connectivity index (χ3v) is 6.13. The first-order valence-electron chi connectivity index (χ1n) is 9.32. The van der Waals surface area contributed by atoms with Crippen molar-refractivity contribution in [3.63, 3.8) is 0 Å². The summed E-state index contributed by atoms with van der Waals surface area (Å²) in [5.74, 6) is -0.569. The summed E-state index contributed by atoms with van der Waals surface area (Å²) in [4.78, 5) is 6.66. The zero-order chi connectivity index (χ0) is 19.8. The number of halogens is 2. The third kappa shape index (κ3) is 3.56. The Labute approximate surface area is 167 Å². The van der Waals surface area contributed by atoms with Crippen LogP contribution < -0.4 is 11.5 Å². The minimum absolute atomic E-state index is 0.222. The van der Waals surface area contributed by atoms with Crippen molar-refractivity contribution in [2.24, 2.45) is 11.5 Å². The number of hydrogen-bond acceptors (Lipinski definition) is 6. The van der Waals surface area contributed by atoms with Crippen molar-refractivity contribution in [3.05, 3.63) is 47.7 Å². The molecule has 0 bridgehead atoms. The van der Waals surface area contributed by atoms with Crippen LogP contribution in [0.3, 0.4) is 0 Å². The maximum Gasteiger partial charge on any atom is 0.161 e. The molecule has 2 fully saturated rings. The van der Waals surface area contributed by atoms with Gasteiger partial charge in [0.2, 0.25) is 0 Å². The molecule has 1 aliphatic carbocycles. The number of aromatic nitrogens is 2. The Morgan fingerprint density at radius 1 is 1.18 bits per heavy atom. The zero-order valence-electron chi connectivity index (χ0n) is 15.7. The molecule has 0 amide bonds. The molecule has 4 N–H and O–H groups in total. The van der Waals surface area contributed by atoms with Gasteiger partial charge in [-0.05, 0) is 25.2 Å². The van der Waals surface area contributed by atoms with Crippen LogP contribution in [-0.4, -0.2) is 51.2 Å². The number of fused-ring (bicyclic) bond motifs is 1. The number of imidazole rings is 1. The second-order valence-corrected chi connectivity index (χ2v) is 7.96. The normalized spacial score (nSPS) is 19.6. The van der Waals surface area contributed by atoms with E-state index in [-0.39, 0.29) is 6.04 Å². The highest BCUT2D eigenvalue weighted by Crippen LogP contribution is 2.40. The molecular weight excluding hydrogens is 382 g/mol. The standard InChI is InChI=1S/C19H24F2N6S/c1-28-26-6-4-25(5-7-26)18(23)8-12(11-22)19-24-16-9-14(20)15(21)10-17(16)27(19)13-2-3-13/h8-11,13H,2-7,22-23H2,1H3/b12-11+,18-8+. The van der Waals surface area contributed by atoms with Crippen LogP contribution in [0.5, 0.6) is 0 Å². The highest BCUT2D eigenvalue weighted by Gasteiger charge is 2.30. The predicted octanol–water partition coefficient (Wildman–Crippen LogP) is 2.64. The number of allylic oxidation sites excluding steroid dienone is 2. The van der Waals surface area contributed by atoms with Crippen molar-refractivity contribution in [3.8, 4) is 0 Å². The molecule has 1 aromatic heterocycles. The molecule has 0 atom stereocenters. The van der Waals surface area contributed by atoms with Crippen molar-refractivity contribution in [1.29, 1.82) is 0 Å². The average Bonchev–Trinajstić information content (AvgIpc) is 3.48. The first kappa shape index (κ1) is 19.1. The van der Waals surface area contributed by atoms with Crippen LogP contribution in [0, 0.1) is 11.6 Å². The molecule has 0 spiro atoms. The van der Waals surface area contributed by atoms with E-state index in [9.17, 15) is 8.78 Å². The van der Waals surface area contributed by atoms with Gasteiger partial charge in [-0.3, -0.25) is 0 Å². The van der Waals surface area contributed by atoms with Gasteiger partial charge in [0.15, 0.2) is 11.6 Å². The van der Waals surface area contributed by atoms with E-state index in [0.717, 1.165) is 45.1 Å². The monoisotopic (exact) mass is 406 g/mol. The highest BCUT2D eigenvalue weighted by atomic mass is 32.2. The van der Waals surface area contributed by atoms with Crippen molar-refractivity contribution in [2.75, 3.05) is 32.4 Å². The molecule has 4 rings (SSSR count). The predicted molar refractivity (Wildman–Crippen MR) is 109 cm³/mol. The van der Waals surface area contributed by atoms with Gasteiger partial charge < -0.3 is 20.9 Å². The molecule has 0 unspecified atom stereocenters. The molecule has 0 radical (unpaired) electrons. The van der Waals surface area contributed by atoms with E-state index in [1.807, 2.05) is 10.6 Å². The molecular formula is C19H24F2N6S. The Balaban J connectivity index is 1.68. The first-order chi connectivity index (χ1) is 13.5. The van der Waals surface area contributed by atoms with Crippen LogP contribution in [0.1, 0.15) is 24.7 Å². The topological polar surface area (TPSA) is 76.3 Å². The van der Waals surface area contributed by atoms with Gasteiger partial charge in [-0.1, -0.05) is 11.9 Å². The second-order valence-electron chi connectivity index (χ2n) is 7.08. The van der Waals surface area contributed by atoms with Crippen LogP contribution in [-0.2, 0) is 0 Å².